The minimum absolute atomic E-state index is 0.0784. The van der Waals surface area contributed by atoms with Crippen molar-refractivity contribution in [2.75, 3.05) is 0 Å². The summed E-state index contributed by atoms with van der Waals surface area (Å²) >= 11 is 3.33. The normalized spacial score (nSPS) is 11.7. The third kappa shape index (κ3) is 2.39. The van der Waals surface area contributed by atoms with Crippen molar-refractivity contribution in [3.63, 3.8) is 0 Å². The molecule has 0 radical (unpaired) electrons. The predicted molar refractivity (Wildman–Crippen MR) is 96.7 cm³/mol. The van der Waals surface area contributed by atoms with Crippen LogP contribution >= 0.6 is 15.9 Å². The Bertz CT molecular complexity index is 1160. The van der Waals surface area contributed by atoms with Gasteiger partial charge in [-0.05, 0) is 24.3 Å². The molecule has 4 rings (SSSR count). The van der Waals surface area contributed by atoms with Gasteiger partial charge in [-0.25, -0.2) is 4.98 Å². The number of H-pyrrole nitrogens is 1. The molecule has 2 N–H and O–H groups in total. The number of hydrogen-bond donors (Lipinski definition) is 2. The minimum atomic E-state index is -0.304. The van der Waals surface area contributed by atoms with Gasteiger partial charge in [0.1, 0.15) is 23.1 Å². The molecule has 2 aromatic heterocycles. The first-order valence-corrected chi connectivity index (χ1v) is 7.94. The molecule has 7 heteroatoms. The molecule has 2 aromatic carbocycles. The number of nitrogens with zero attached hydrogens (tertiary/aromatic N) is 3. The Morgan fingerprint density at radius 1 is 1.25 bits per heavy atom. The SMILES string of the molecule is O=c1c2[nH]c3ccccc3c2ncn1/N=C\c1cc(Br)ccc1O. The zero-order chi connectivity index (χ0) is 16.7. The maximum Gasteiger partial charge on any atom is 0.298 e. The summed E-state index contributed by atoms with van der Waals surface area (Å²) in [5.41, 5.74) is 2.06. The smallest absolute Gasteiger partial charge is 0.298 e. The van der Waals surface area contributed by atoms with E-state index in [0.717, 1.165) is 20.1 Å². The number of para-hydroxylation sites is 1. The van der Waals surface area contributed by atoms with E-state index in [1.807, 2.05) is 24.3 Å². The van der Waals surface area contributed by atoms with Crippen LogP contribution in [0.25, 0.3) is 21.9 Å². The number of benzene rings is 2. The number of aromatic nitrogens is 3. The second-order valence-corrected chi connectivity index (χ2v) is 6.15. The van der Waals surface area contributed by atoms with Gasteiger partial charge in [-0.3, -0.25) is 4.79 Å². The van der Waals surface area contributed by atoms with Crippen LogP contribution in [0.4, 0.5) is 0 Å². The topological polar surface area (TPSA) is 83.3 Å². The van der Waals surface area contributed by atoms with E-state index < -0.39 is 0 Å². The molecule has 4 aromatic rings. The van der Waals surface area contributed by atoms with Gasteiger partial charge in [-0.2, -0.15) is 9.78 Å². The van der Waals surface area contributed by atoms with Crippen LogP contribution in [0.3, 0.4) is 0 Å². The minimum Gasteiger partial charge on any atom is -0.507 e. The first-order valence-electron chi connectivity index (χ1n) is 7.14. The van der Waals surface area contributed by atoms with Crippen LogP contribution < -0.4 is 5.56 Å². The van der Waals surface area contributed by atoms with Gasteiger partial charge in [-0.15, -0.1) is 0 Å². The molecule has 0 amide bonds. The predicted octanol–water partition coefficient (Wildman–Crippen LogP) is 3.23. The number of halogens is 1. The van der Waals surface area contributed by atoms with Crippen LogP contribution in [0.1, 0.15) is 5.56 Å². The molecule has 0 atom stereocenters. The second-order valence-electron chi connectivity index (χ2n) is 5.24. The Hall–Kier alpha value is -2.93. The fourth-order valence-electron chi connectivity index (χ4n) is 2.53. The lowest BCUT2D eigenvalue weighted by atomic mass is 10.2. The van der Waals surface area contributed by atoms with Gasteiger partial charge in [0.05, 0.1) is 6.21 Å². The van der Waals surface area contributed by atoms with E-state index in [4.69, 9.17) is 0 Å². The number of nitrogens with one attached hydrogen (secondary N) is 1. The summed E-state index contributed by atoms with van der Waals surface area (Å²) in [5, 5.41) is 14.8. The lowest BCUT2D eigenvalue weighted by molar-refractivity contribution is 0.474. The van der Waals surface area contributed by atoms with Gasteiger partial charge < -0.3 is 10.1 Å². The highest BCUT2D eigenvalue weighted by atomic mass is 79.9. The third-order valence-corrected chi connectivity index (χ3v) is 4.20. The van der Waals surface area contributed by atoms with Gasteiger partial charge in [0.2, 0.25) is 0 Å². The first-order chi connectivity index (χ1) is 11.6. The van der Waals surface area contributed by atoms with E-state index in [9.17, 15) is 9.90 Å². The molecule has 118 valence electrons. The lowest BCUT2D eigenvalue weighted by Crippen LogP contribution is -2.17. The molecule has 0 fully saturated rings. The number of aromatic amines is 1. The zero-order valence-electron chi connectivity index (χ0n) is 12.3. The fourth-order valence-corrected chi connectivity index (χ4v) is 2.91. The van der Waals surface area contributed by atoms with Gasteiger partial charge in [-0.1, -0.05) is 34.1 Å². The van der Waals surface area contributed by atoms with Crippen molar-refractivity contribution in [2.24, 2.45) is 5.10 Å². The number of aromatic hydroxyl groups is 1. The molecule has 0 spiro atoms. The molecule has 0 saturated carbocycles. The Morgan fingerprint density at radius 2 is 2.08 bits per heavy atom. The van der Waals surface area contributed by atoms with Crippen molar-refractivity contribution in [2.45, 2.75) is 0 Å². The Morgan fingerprint density at radius 3 is 2.96 bits per heavy atom. The van der Waals surface area contributed by atoms with Crippen LogP contribution in [0, 0.1) is 0 Å². The first kappa shape index (κ1) is 14.6. The average Bonchev–Trinajstić information content (AvgIpc) is 2.97. The molecule has 0 unspecified atom stereocenters. The number of phenolic OH excluding ortho intramolecular Hbond substituents is 1. The van der Waals surface area contributed by atoms with Crippen molar-refractivity contribution in [3.8, 4) is 5.75 Å². The number of fused-ring (bicyclic) bond motifs is 3. The molecular weight excluding hydrogens is 372 g/mol. The van der Waals surface area contributed by atoms with Crippen molar-refractivity contribution < 1.29 is 5.11 Å². The summed E-state index contributed by atoms with van der Waals surface area (Å²) in [7, 11) is 0. The van der Waals surface area contributed by atoms with E-state index in [1.165, 1.54) is 12.5 Å². The maximum atomic E-state index is 12.6. The molecule has 0 saturated heterocycles. The molecule has 6 nitrogen and oxygen atoms in total. The summed E-state index contributed by atoms with van der Waals surface area (Å²) in [6.07, 6.45) is 2.79. The Labute approximate surface area is 144 Å². The number of rotatable bonds is 2. The highest BCUT2D eigenvalue weighted by molar-refractivity contribution is 9.10. The monoisotopic (exact) mass is 382 g/mol. The standard InChI is InChI=1S/C17H11BrN4O2/c18-11-5-6-14(23)10(7-11)8-20-22-9-19-15-12-3-1-2-4-13(12)21-16(15)17(22)24/h1-9,21,23H/b20-8-. The van der Waals surface area contributed by atoms with Gasteiger partial charge in [0.15, 0.2) is 0 Å². The molecule has 2 heterocycles. The van der Waals surface area contributed by atoms with Crippen LogP contribution in [0.15, 0.2) is 63.2 Å². The van der Waals surface area contributed by atoms with Gasteiger partial charge >= 0.3 is 0 Å². The van der Waals surface area contributed by atoms with Crippen LogP contribution in [0.2, 0.25) is 0 Å². The third-order valence-electron chi connectivity index (χ3n) is 3.71. The molecule has 0 bridgehead atoms. The van der Waals surface area contributed by atoms with E-state index in [2.05, 4.69) is 31.0 Å². The molecule has 0 aliphatic carbocycles. The van der Waals surface area contributed by atoms with E-state index >= 15 is 0 Å². The number of phenols is 1. The van der Waals surface area contributed by atoms with Gasteiger partial charge in [0.25, 0.3) is 5.56 Å². The second kappa shape index (κ2) is 5.61. The van der Waals surface area contributed by atoms with E-state index in [-0.39, 0.29) is 11.3 Å². The van der Waals surface area contributed by atoms with Gasteiger partial charge in [0, 0.05) is 20.9 Å². The summed E-state index contributed by atoms with van der Waals surface area (Å²) in [5.74, 6) is 0.0784. The Balaban J connectivity index is 1.84. The van der Waals surface area contributed by atoms with Crippen LogP contribution in [-0.4, -0.2) is 26.0 Å². The molecular formula is C17H11BrN4O2. The highest BCUT2D eigenvalue weighted by Crippen LogP contribution is 2.21. The van der Waals surface area contributed by atoms with Crippen molar-refractivity contribution in [1.82, 2.24) is 14.6 Å². The van der Waals surface area contributed by atoms with Crippen LogP contribution in [-0.2, 0) is 0 Å². The van der Waals surface area contributed by atoms with Crippen LogP contribution in [0.5, 0.6) is 5.75 Å². The maximum absolute atomic E-state index is 12.6. The fraction of sp³-hybridized carbons (Fsp3) is 0. The summed E-state index contributed by atoms with van der Waals surface area (Å²) in [4.78, 5) is 20.0. The number of hydrogen-bond acceptors (Lipinski definition) is 4. The van der Waals surface area contributed by atoms with Crippen molar-refractivity contribution in [3.05, 3.63) is 69.2 Å². The molecule has 0 aliphatic rings. The molecule has 24 heavy (non-hydrogen) atoms. The van der Waals surface area contributed by atoms with Crippen molar-refractivity contribution >= 4 is 44.1 Å². The van der Waals surface area contributed by atoms with E-state index in [0.29, 0.717) is 16.6 Å². The summed E-state index contributed by atoms with van der Waals surface area (Å²) < 4.78 is 1.94. The molecule has 0 aliphatic heterocycles. The average molecular weight is 383 g/mol. The largest absolute Gasteiger partial charge is 0.507 e. The lowest BCUT2D eigenvalue weighted by Gasteiger charge is -2.00. The Kier molecular flexibility index (Phi) is 3.42. The van der Waals surface area contributed by atoms with E-state index in [1.54, 1.807) is 18.2 Å². The summed E-state index contributed by atoms with van der Waals surface area (Å²) in [6.45, 7) is 0. The quantitative estimate of drug-likeness (QED) is 0.522. The zero-order valence-corrected chi connectivity index (χ0v) is 13.9. The van der Waals surface area contributed by atoms with Crippen molar-refractivity contribution in [1.29, 1.82) is 0 Å². The highest BCUT2D eigenvalue weighted by Gasteiger charge is 2.10. The summed E-state index contributed by atoms with van der Waals surface area (Å²) in [6, 6.07) is 12.6.